The number of anilines is 1. The topological polar surface area (TPSA) is 94.8 Å². The second-order valence-electron chi connectivity index (χ2n) is 8.37. The van der Waals surface area contributed by atoms with Crippen LogP contribution in [0.2, 0.25) is 0 Å². The molecule has 1 aromatic heterocycles. The van der Waals surface area contributed by atoms with Crippen LogP contribution >= 0.6 is 31.9 Å². The molecular weight excluding hydrogens is 635 g/mol. The second-order valence-corrected chi connectivity index (χ2v) is 10.1. The summed E-state index contributed by atoms with van der Waals surface area (Å²) in [7, 11) is 0. The van der Waals surface area contributed by atoms with Gasteiger partial charge in [-0.15, -0.1) is 0 Å². The third-order valence-electron chi connectivity index (χ3n) is 5.53. The number of aryl methyl sites for hydroxylation is 1. The molecule has 39 heavy (non-hydrogen) atoms. The van der Waals surface area contributed by atoms with Crippen LogP contribution in [0.15, 0.2) is 73.4 Å². The Kier molecular flexibility index (Phi) is 9.47. The molecule has 8 nitrogen and oxygen atoms in total. The minimum atomic E-state index is -0.539. The highest BCUT2D eigenvalue weighted by molar-refractivity contribution is 9.10. The minimum absolute atomic E-state index is 0.0668. The molecule has 0 fully saturated rings. The lowest BCUT2D eigenvalue weighted by Gasteiger charge is -2.14. The predicted octanol–water partition coefficient (Wildman–Crippen LogP) is 6.31. The maximum absolute atomic E-state index is 13.8. The average Bonchev–Trinajstić information content (AvgIpc) is 2.91. The zero-order chi connectivity index (χ0) is 27.9. The summed E-state index contributed by atoms with van der Waals surface area (Å²) >= 11 is 6.92. The molecular formula is C28H25Br2FN4O4. The molecule has 1 N–H and O–H groups in total. The van der Waals surface area contributed by atoms with Crippen molar-refractivity contribution in [2.45, 2.75) is 26.7 Å². The highest BCUT2D eigenvalue weighted by atomic mass is 79.9. The van der Waals surface area contributed by atoms with Crippen molar-refractivity contribution in [2.24, 2.45) is 5.10 Å². The number of benzene rings is 3. The van der Waals surface area contributed by atoms with E-state index in [1.807, 2.05) is 19.9 Å². The van der Waals surface area contributed by atoms with Gasteiger partial charge in [-0.05, 0) is 71.7 Å². The number of hydrogen-bond donors (Lipinski definition) is 1. The Hall–Kier alpha value is -3.57. The van der Waals surface area contributed by atoms with Gasteiger partial charge < -0.3 is 14.8 Å². The van der Waals surface area contributed by atoms with Gasteiger partial charge in [0, 0.05) is 20.9 Å². The molecule has 0 bridgehead atoms. The highest BCUT2D eigenvalue weighted by Crippen LogP contribution is 2.33. The van der Waals surface area contributed by atoms with Crippen LogP contribution in [0.25, 0.3) is 10.9 Å². The predicted molar refractivity (Wildman–Crippen MR) is 157 cm³/mol. The third-order valence-corrected chi connectivity index (χ3v) is 6.71. The van der Waals surface area contributed by atoms with E-state index in [4.69, 9.17) is 9.47 Å². The Labute approximate surface area is 241 Å². The Morgan fingerprint density at radius 1 is 1.10 bits per heavy atom. The Balaban J connectivity index is 1.61. The zero-order valence-electron chi connectivity index (χ0n) is 21.2. The number of rotatable bonds is 10. The molecule has 1 heterocycles. The van der Waals surface area contributed by atoms with Gasteiger partial charge in [0.25, 0.3) is 11.5 Å². The van der Waals surface area contributed by atoms with Gasteiger partial charge in [0.05, 0.1) is 29.4 Å². The van der Waals surface area contributed by atoms with Crippen LogP contribution in [-0.4, -0.2) is 35.0 Å². The molecule has 0 aliphatic rings. The molecule has 1 amide bonds. The number of nitrogens with one attached hydrogen (secondary N) is 1. The number of aromatic nitrogens is 2. The number of amides is 1. The number of carbonyl (C=O) groups excluding carboxylic acids is 1. The SMILES string of the molecule is CCCc1nc2ccc(Br)cc2c(=O)n1N=Cc1cc(OCC)c(OCC(=O)Nc2ccccc2F)cc1Br. The van der Waals surface area contributed by atoms with E-state index in [9.17, 15) is 14.0 Å². The quantitative estimate of drug-likeness (QED) is 0.201. The highest BCUT2D eigenvalue weighted by Gasteiger charge is 2.14. The first-order valence-electron chi connectivity index (χ1n) is 12.2. The molecule has 0 unspecified atom stereocenters. The summed E-state index contributed by atoms with van der Waals surface area (Å²) in [6.07, 6.45) is 2.90. The van der Waals surface area contributed by atoms with E-state index in [2.05, 4.69) is 47.3 Å². The second kappa shape index (κ2) is 13.0. The maximum Gasteiger partial charge on any atom is 0.282 e. The molecule has 0 saturated carbocycles. The van der Waals surface area contributed by atoms with Crippen molar-refractivity contribution in [1.82, 2.24) is 9.66 Å². The first-order chi connectivity index (χ1) is 18.8. The summed E-state index contributed by atoms with van der Waals surface area (Å²) < 4.78 is 27.9. The lowest BCUT2D eigenvalue weighted by Crippen LogP contribution is -2.22. The largest absolute Gasteiger partial charge is 0.490 e. The van der Waals surface area contributed by atoms with Gasteiger partial charge in [-0.1, -0.05) is 35.0 Å². The third kappa shape index (κ3) is 6.90. The molecule has 0 aliphatic carbocycles. The molecule has 0 atom stereocenters. The summed E-state index contributed by atoms with van der Waals surface area (Å²) in [5.74, 6) is 0.175. The van der Waals surface area contributed by atoms with Gasteiger partial charge in [-0.25, -0.2) is 9.37 Å². The van der Waals surface area contributed by atoms with E-state index >= 15 is 0 Å². The fraction of sp³-hybridized carbons (Fsp3) is 0.214. The average molecular weight is 660 g/mol. The van der Waals surface area contributed by atoms with Crippen LogP contribution in [0.4, 0.5) is 10.1 Å². The van der Waals surface area contributed by atoms with Gasteiger partial charge in [-0.2, -0.15) is 9.78 Å². The van der Waals surface area contributed by atoms with Crippen molar-refractivity contribution >= 4 is 60.6 Å². The molecule has 0 aliphatic heterocycles. The Morgan fingerprint density at radius 3 is 2.62 bits per heavy atom. The van der Waals surface area contributed by atoms with Crippen molar-refractivity contribution in [3.63, 3.8) is 0 Å². The fourth-order valence-electron chi connectivity index (χ4n) is 3.74. The van der Waals surface area contributed by atoms with Gasteiger partial charge in [0.2, 0.25) is 0 Å². The van der Waals surface area contributed by atoms with Crippen LogP contribution in [0.5, 0.6) is 11.5 Å². The lowest BCUT2D eigenvalue weighted by atomic mass is 10.2. The van der Waals surface area contributed by atoms with Crippen LogP contribution in [0.3, 0.4) is 0 Å². The zero-order valence-corrected chi connectivity index (χ0v) is 24.4. The molecule has 202 valence electrons. The standard InChI is InChI=1S/C28H25Br2FN4O4/c1-3-7-26-33-22-11-10-18(29)13-19(22)28(37)35(26)32-15-17-12-24(38-4-2)25(14-20(17)30)39-16-27(36)34-23-9-6-5-8-21(23)31/h5-6,8-15H,3-4,7,16H2,1-2H3,(H,34,36). The molecule has 0 spiro atoms. The molecule has 4 rings (SSSR count). The van der Waals surface area contributed by atoms with E-state index in [1.165, 1.54) is 29.1 Å². The normalized spacial score (nSPS) is 11.2. The smallest absolute Gasteiger partial charge is 0.282 e. The van der Waals surface area contributed by atoms with E-state index < -0.39 is 11.7 Å². The molecule has 4 aromatic rings. The Bertz CT molecular complexity index is 1610. The number of nitrogens with zero attached hydrogens (tertiary/aromatic N) is 3. The van der Waals surface area contributed by atoms with Crippen molar-refractivity contribution < 1.29 is 18.7 Å². The summed E-state index contributed by atoms with van der Waals surface area (Å²) in [5, 5.41) is 7.40. The monoisotopic (exact) mass is 658 g/mol. The number of halogens is 3. The first-order valence-corrected chi connectivity index (χ1v) is 13.8. The molecule has 11 heteroatoms. The van der Waals surface area contributed by atoms with Crippen LogP contribution in [0, 0.1) is 5.82 Å². The van der Waals surface area contributed by atoms with Crippen molar-refractivity contribution in [3.05, 3.63) is 91.1 Å². The number of carbonyl (C=O) groups is 1. The number of hydrogen-bond acceptors (Lipinski definition) is 6. The van der Waals surface area contributed by atoms with E-state index in [-0.39, 0.29) is 17.9 Å². The van der Waals surface area contributed by atoms with Gasteiger partial charge >= 0.3 is 0 Å². The summed E-state index contributed by atoms with van der Waals surface area (Å²) in [6.45, 7) is 3.81. The van der Waals surface area contributed by atoms with Gasteiger partial charge in [0.15, 0.2) is 18.1 Å². The van der Waals surface area contributed by atoms with E-state index in [0.717, 1.165) is 10.9 Å². The number of ether oxygens (including phenoxy) is 2. The summed E-state index contributed by atoms with van der Waals surface area (Å²) in [5.41, 5.74) is 1.02. The summed E-state index contributed by atoms with van der Waals surface area (Å²) in [4.78, 5) is 30.3. The first kappa shape index (κ1) is 28.4. The van der Waals surface area contributed by atoms with Crippen molar-refractivity contribution in [2.75, 3.05) is 18.5 Å². The van der Waals surface area contributed by atoms with Crippen LogP contribution < -0.4 is 20.3 Å². The molecule has 3 aromatic carbocycles. The molecule has 0 radical (unpaired) electrons. The van der Waals surface area contributed by atoms with E-state index in [1.54, 1.807) is 30.3 Å². The molecule has 0 saturated heterocycles. The van der Waals surface area contributed by atoms with Crippen molar-refractivity contribution in [3.8, 4) is 11.5 Å². The van der Waals surface area contributed by atoms with Gasteiger partial charge in [-0.3, -0.25) is 9.59 Å². The fourth-order valence-corrected chi connectivity index (χ4v) is 4.53. The summed E-state index contributed by atoms with van der Waals surface area (Å²) in [6, 6.07) is 14.6. The maximum atomic E-state index is 13.8. The minimum Gasteiger partial charge on any atom is -0.490 e. The van der Waals surface area contributed by atoms with Crippen LogP contribution in [0.1, 0.15) is 31.7 Å². The lowest BCUT2D eigenvalue weighted by molar-refractivity contribution is -0.118. The van der Waals surface area contributed by atoms with Crippen molar-refractivity contribution in [1.29, 1.82) is 0 Å². The number of fused-ring (bicyclic) bond motifs is 1. The number of para-hydroxylation sites is 1. The Morgan fingerprint density at radius 2 is 1.87 bits per heavy atom. The van der Waals surface area contributed by atoms with E-state index in [0.29, 0.717) is 51.3 Å². The van der Waals surface area contributed by atoms with Gasteiger partial charge in [0.1, 0.15) is 11.6 Å². The van der Waals surface area contributed by atoms with Crippen LogP contribution in [-0.2, 0) is 11.2 Å².